The molecule has 128 valence electrons. The zero-order chi connectivity index (χ0) is 17.2. The minimum atomic E-state index is 0.235. The number of fused-ring (bicyclic) bond motifs is 3. The van der Waals surface area contributed by atoms with E-state index in [1.165, 1.54) is 11.3 Å². The fourth-order valence-electron chi connectivity index (χ4n) is 3.51. The maximum atomic E-state index is 12.5. The first-order chi connectivity index (χ1) is 12.2. The highest BCUT2D eigenvalue weighted by molar-refractivity contribution is 5.76. The molecule has 1 aliphatic rings. The molecule has 1 amide bonds. The van der Waals surface area contributed by atoms with Gasteiger partial charge in [0, 0.05) is 43.8 Å². The van der Waals surface area contributed by atoms with Gasteiger partial charge in [-0.25, -0.2) is 9.50 Å². The standard InChI is InChI=1S/C20H22N4O/c1-15-12-19-21-13-17-14-23(11-10-18(17)24(19)22-15)20(25)9-5-8-16-6-3-2-4-7-16/h2-4,6-7,12-13H,5,8-11,14H2,1H3. The van der Waals surface area contributed by atoms with Gasteiger partial charge in [-0.15, -0.1) is 0 Å². The van der Waals surface area contributed by atoms with E-state index in [-0.39, 0.29) is 5.91 Å². The number of benzene rings is 1. The topological polar surface area (TPSA) is 50.5 Å². The zero-order valence-electron chi connectivity index (χ0n) is 14.5. The molecule has 3 aromatic rings. The second-order valence-electron chi connectivity index (χ2n) is 6.69. The van der Waals surface area contributed by atoms with Gasteiger partial charge < -0.3 is 4.90 Å². The van der Waals surface area contributed by atoms with Gasteiger partial charge in [0.05, 0.1) is 11.4 Å². The third kappa shape index (κ3) is 3.27. The van der Waals surface area contributed by atoms with E-state index in [0.29, 0.717) is 13.0 Å². The highest BCUT2D eigenvalue weighted by Crippen LogP contribution is 2.20. The van der Waals surface area contributed by atoms with Crippen LogP contribution in [0.5, 0.6) is 0 Å². The molecule has 0 N–H and O–H groups in total. The van der Waals surface area contributed by atoms with E-state index in [9.17, 15) is 4.79 Å². The maximum absolute atomic E-state index is 12.5. The molecular weight excluding hydrogens is 312 g/mol. The Balaban J connectivity index is 1.40. The molecule has 1 aromatic carbocycles. The zero-order valence-corrected chi connectivity index (χ0v) is 14.5. The lowest BCUT2D eigenvalue weighted by atomic mass is 10.0. The van der Waals surface area contributed by atoms with Crippen molar-refractivity contribution in [1.29, 1.82) is 0 Å². The average molecular weight is 334 g/mol. The van der Waals surface area contributed by atoms with Gasteiger partial charge in [0.15, 0.2) is 5.65 Å². The number of aryl methyl sites for hydroxylation is 2. The molecule has 0 fully saturated rings. The number of carbonyl (C=O) groups excluding carboxylic acids is 1. The first kappa shape index (κ1) is 15.8. The molecule has 0 unspecified atom stereocenters. The lowest BCUT2D eigenvalue weighted by Crippen LogP contribution is -2.36. The number of carbonyl (C=O) groups is 1. The molecule has 5 heteroatoms. The molecule has 0 radical (unpaired) electrons. The van der Waals surface area contributed by atoms with Crippen LogP contribution < -0.4 is 0 Å². The predicted octanol–water partition coefficient (Wildman–Crippen LogP) is 2.95. The largest absolute Gasteiger partial charge is 0.338 e. The van der Waals surface area contributed by atoms with Crippen LogP contribution in [-0.2, 0) is 24.2 Å². The summed E-state index contributed by atoms with van der Waals surface area (Å²) in [7, 11) is 0. The minimum absolute atomic E-state index is 0.235. The van der Waals surface area contributed by atoms with Crippen molar-refractivity contribution < 1.29 is 4.79 Å². The van der Waals surface area contributed by atoms with Crippen molar-refractivity contribution >= 4 is 11.6 Å². The van der Waals surface area contributed by atoms with Crippen molar-refractivity contribution in [3.8, 4) is 0 Å². The second kappa shape index (κ2) is 6.67. The van der Waals surface area contributed by atoms with E-state index in [2.05, 4.69) is 22.2 Å². The second-order valence-corrected chi connectivity index (χ2v) is 6.69. The number of nitrogens with zero attached hydrogens (tertiary/aromatic N) is 4. The lowest BCUT2D eigenvalue weighted by Gasteiger charge is -2.28. The van der Waals surface area contributed by atoms with Crippen LogP contribution in [-0.4, -0.2) is 31.9 Å². The van der Waals surface area contributed by atoms with Crippen LogP contribution in [0.25, 0.3) is 5.65 Å². The lowest BCUT2D eigenvalue weighted by molar-refractivity contribution is -0.132. The van der Waals surface area contributed by atoms with Gasteiger partial charge >= 0.3 is 0 Å². The smallest absolute Gasteiger partial charge is 0.222 e. The molecule has 3 heterocycles. The van der Waals surface area contributed by atoms with Gasteiger partial charge in [0.1, 0.15) is 0 Å². The summed E-state index contributed by atoms with van der Waals surface area (Å²) in [6.45, 7) is 3.38. The monoisotopic (exact) mass is 334 g/mol. The fourth-order valence-corrected chi connectivity index (χ4v) is 3.51. The van der Waals surface area contributed by atoms with E-state index in [4.69, 9.17) is 0 Å². The molecule has 0 atom stereocenters. The van der Waals surface area contributed by atoms with Crippen LogP contribution >= 0.6 is 0 Å². The van der Waals surface area contributed by atoms with Crippen LogP contribution in [0.15, 0.2) is 42.6 Å². The van der Waals surface area contributed by atoms with Crippen LogP contribution in [0.1, 0.15) is 35.4 Å². The Kier molecular flexibility index (Phi) is 4.22. The quantitative estimate of drug-likeness (QED) is 0.737. The van der Waals surface area contributed by atoms with Crippen molar-refractivity contribution in [3.05, 3.63) is 65.1 Å². The van der Waals surface area contributed by atoms with Crippen molar-refractivity contribution in [1.82, 2.24) is 19.5 Å². The van der Waals surface area contributed by atoms with E-state index in [0.717, 1.165) is 42.7 Å². The predicted molar refractivity (Wildman–Crippen MR) is 96.2 cm³/mol. The van der Waals surface area contributed by atoms with E-state index in [1.54, 1.807) is 0 Å². The minimum Gasteiger partial charge on any atom is -0.338 e. The van der Waals surface area contributed by atoms with E-state index in [1.807, 2.05) is 46.8 Å². The molecule has 2 aromatic heterocycles. The van der Waals surface area contributed by atoms with Gasteiger partial charge in [0.2, 0.25) is 5.91 Å². The Morgan fingerprint density at radius 2 is 2.08 bits per heavy atom. The first-order valence-electron chi connectivity index (χ1n) is 8.85. The number of rotatable bonds is 4. The van der Waals surface area contributed by atoms with Gasteiger partial charge in [-0.1, -0.05) is 30.3 Å². The van der Waals surface area contributed by atoms with Crippen LogP contribution in [0.3, 0.4) is 0 Å². The Bertz CT molecular complexity index is 901. The summed E-state index contributed by atoms with van der Waals surface area (Å²) in [5.41, 5.74) is 5.45. The van der Waals surface area contributed by atoms with Crippen molar-refractivity contribution in [2.45, 2.75) is 39.2 Å². The Morgan fingerprint density at radius 1 is 1.24 bits per heavy atom. The molecule has 0 bridgehead atoms. The summed E-state index contributed by atoms with van der Waals surface area (Å²) in [5, 5.41) is 4.53. The molecule has 25 heavy (non-hydrogen) atoms. The van der Waals surface area contributed by atoms with Gasteiger partial charge in [-0.05, 0) is 25.3 Å². The van der Waals surface area contributed by atoms with Crippen LogP contribution in [0.4, 0.5) is 0 Å². The summed E-state index contributed by atoms with van der Waals surface area (Å²) in [4.78, 5) is 19.0. The van der Waals surface area contributed by atoms with Gasteiger partial charge in [0.25, 0.3) is 0 Å². The molecule has 4 rings (SSSR count). The molecule has 0 saturated carbocycles. The first-order valence-corrected chi connectivity index (χ1v) is 8.85. The summed E-state index contributed by atoms with van der Waals surface area (Å²) >= 11 is 0. The van der Waals surface area contributed by atoms with E-state index < -0.39 is 0 Å². The summed E-state index contributed by atoms with van der Waals surface area (Å²) in [6, 6.07) is 12.3. The number of aromatic nitrogens is 3. The average Bonchev–Trinajstić information content (AvgIpc) is 3.02. The van der Waals surface area contributed by atoms with Crippen molar-refractivity contribution in [2.75, 3.05) is 6.54 Å². The third-order valence-electron chi connectivity index (χ3n) is 4.82. The SMILES string of the molecule is Cc1cc2ncc3c(n2n1)CCN(C(=O)CCCc1ccccc1)C3. The Hall–Kier alpha value is -2.69. The van der Waals surface area contributed by atoms with Crippen LogP contribution in [0.2, 0.25) is 0 Å². The van der Waals surface area contributed by atoms with Crippen LogP contribution in [0, 0.1) is 6.92 Å². The van der Waals surface area contributed by atoms with Crippen molar-refractivity contribution in [3.63, 3.8) is 0 Å². The summed E-state index contributed by atoms with van der Waals surface area (Å²) < 4.78 is 1.93. The van der Waals surface area contributed by atoms with Gasteiger partial charge in [-0.2, -0.15) is 5.10 Å². The molecule has 0 spiro atoms. The number of amides is 1. The Labute approximate surface area is 147 Å². The summed E-state index contributed by atoms with van der Waals surface area (Å²) in [6.07, 6.45) is 5.17. The number of hydrogen-bond donors (Lipinski definition) is 0. The maximum Gasteiger partial charge on any atom is 0.222 e. The fraction of sp³-hybridized carbons (Fsp3) is 0.350. The molecular formula is C20H22N4O. The Morgan fingerprint density at radius 3 is 2.92 bits per heavy atom. The normalized spacial score (nSPS) is 13.9. The molecule has 0 aliphatic carbocycles. The van der Waals surface area contributed by atoms with Crippen molar-refractivity contribution in [2.24, 2.45) is 0 Å². The molecule has 5 nitrogen and oxygen atoms in total. The molecule has 0 saturated heterocycles. The van der Waals surface area contributed by atoms with Gasteiger partial charge in [-0.3, -0.25) is 4.79 Å². The molecule has 1 aliphatic heterocycles. The van der Waals surface area contributed by atoms with E-state index >= 15 is 0 Å². The highest BCUT2D eigenvalue weighted by atomic mass is 16.2. The number of hydrogen-bond acceptors (Lipinski definition) is 3. The highest BCUT2D eigenvalue weighted by Gasteiger charge is 2.23. The third-order valence-corrected chi connectivity index (χ3v) is 4.82. The summed E-state index contributed by atoms with van der Waals surface area (Å²) in [5.74, 6) is 0.235.